The standard InChI is InChI=1S/C28H23N.C13H12O.C7H8N2.CH3N/c1-18-12-14-19(15-13-18)29-25-11-7-5-9-21(25)23-17-16-22-20-8-4-6-10-24(20)28(2,3)26(22)27(23)29;1-9-6-7-11-10-4-2-3-5-12(10)14-13(11)8-9;8-7(9)6-4-2-1-3-5-6;1-2/h4-17H,1-3H3;2-8,10,12H,1H3;1-5H,(H3,8,9);2H,1H2. The highest BCUT2D eigenvalue weighted by Gasteiger charge is 2.38. The van der Waals surface area contributed by atoms with Crippen molar-refractivity contribution in [3.8, 4) is 22.6 Å². The van der Waals surface area contributed by atoms with E-state index >= 15 is 0 Å². The van der Waals surface area contributed by atoms with E-state index in [4.69, 9.17) is 21.3 Å². The molecule has 268 valence electrons. The molecule has 4 N–H and O–H groups in total. The topological polar surface area (TPSA) is 87.9 Å². The van der Waals surface area contributed by atoms with Crippen LogP contribution in [-0.2, 0) is 5.41 Å². The molecular weight excluding hydrogens is 661 g/mol. The molecule has 0 spiro atoms. The van der Waals surface area contributed by atoms with Crippen molar-refractivity contribution < 1.29 is 4.74 Å². The van der Waals surface area contributed by atoms with Gasteiger partial charge in [-0.3, -0.25) is 5.41 Å². The number of benzene rings is 6. The van der Waals surface area contributed by atoms with Crippen molar-refractivity contribution in [2.45, 2.75) is 45.1 Å². The van der Waals surface area contributed by atoms with Gasteiger partial charge in [-0.05, 0) is 78.7 Å². The normalized spacial score (nSPS) is 16.2. The molecule has 0 saturated carbocycles. The predicted molar refractivity (Wildman–Crippen MR) is 227 cm³/mol. The molecule has 2 aliphatic carbocycles. The maximum atomic E-state index is 7.01. The van der Waals surface area contributed by atoms with E-state index in [0.717, 1.165) is 11.3 Å². The Morgan fingerprint density at radius 2 is 1.37 bits per heavy atom. The highest BCUT2D eigenvalue weighted by Crippen LogP contribution is 2.52. The average molecular weight is 707 g/mol. The molecule has 10 rings (SSSR count). The third kappa shape index (κ3) is 6.43. The number of aromatic nitrogens is 1. The van der Waals surface area contributed by atoms with Gasteiger partial charge in [0, 0.05) is 38.9 Å². The fourth-order valence-corrected chi connectivity index (χ4v) is 8.04. The number of rotatable bonds is 2. The second kappa shape index (κ2) is 14.9. The molecule has 7 aromatic rings. The van der Waals surface area contributed by atoms with Crippen LogP contribution in [0.4, 0.5) is 0 Å². The summed E-state index contributed by atoms with van der Waals surface area (Å²) in [5.74, 6) is 1.60. The summed E-state index contributed by atoms with van der Waals surface area (Å²) < 4.78 is 8.32. The third-order valence-corrected chi connectivity index (χ3v) is 10.6. The highest BCUT2D eigenvalue weighted by molar-refractivity contribution is 6.13. The number of ether oxygens (including phenoxy) is 1. The van der Waals surface area contributed by atoms with Gasteiger partial charge in [0.25, 0.3) is 0 Å². The smallest absolute Gasteiger partial charge is 0.128 e. The van der Waals surface area contributed by atoms with Crippen LogP contribution in [0.15, 0.2) is 158 Å². The number of nitrogen functional groups attached to an aromatic ring is 1. The Bertz CT molecular complexity index is 2540. The van der Waals surface area contributed by atoms with Crippen molar-refractivity contribution in [1.29, 1.82) is 10.8 Å². The fraction of sp³-hybridized carbons (Fsp3) is 0.143. The summed E-state index contributed by atoms with van der Waals surface area (Å²) in [6.45, 7) is 11.5. The van der Waals surface area contributed by atoms with E-state index in [9.17, 15) is 0 Å². The number of amidine groups is 1. The van der Waals surface area contributed by atoms with Crippen molar-refractivity contribution in [3.05, 3.63) is 191 Å². The average Bonchev–Trinajstić information content (AvgIpc) is 3.82. The van der Waals surface area contributed by atoms with Crippen molar-refractivity contribution in [1.82, 2.24) is 4.57 Å². The molecule has 5 nitrogen and oxygen atoms in total. The van der Waals surface area contributed by atoms with Gasteiger partial charge in [-0.2, -0.15) is 0 Å². The van der Waals surface area contributed by atoms with Crippen LogP contribution in [0.3, 0.4) is 0 Å². The summed E-state index contributed by atoms with van der Waals surface area (Å²) in [6.07, 6.45) is 8.71. The van der Waals surface area contributed by atoms with E-state index in [-0.39, 0.29) is 17.4 Å². The minimum Gasteiger partial charge on any atom is -0.485 e. The van der Waals surface area contributed by atoms with Crippen LogP contribution >= 0.6 is 0 Å². The summed E-state index contributed by atoms with van der Waals surface area (Å²) in [6, 6.07) is 46.9. The first-order valence-corrected chi connectivity index (χ1v) is 18.3. The van der Waals surface area contributed by atoms with Gasteiger partial charge in [0.2, 0.25) is 0 Å². The molecular formula is C49H46N4O. The van der Waals surface area contributed by atoms with Crippen LogP contribution in [0, 0.1) is 24.7 Å². The summed E-state index contributed by atoms with van der Waals surface area (Å²) in [5, 5.41) is 15.2. The maximum Gasteiger partial charge on any atom is 0.128 e. The number of allylic oxidation sites excluding steroid dienone is 2. The molecule has 54 heavy (non-hydrogen) atoms. The van der Waals surface area contributed by atoms with Gasteiger partial charge in [-0.1, -0.05) is 147 Å². The lowest BCUT2D eigenvalue weighted by atomic mass is 9.81. The lowest BCUT2D eigenvalue weighted by Gasteiger charge is -2.23. The molecule has 2 atom stereocenters. The Morgan fingerprint density at radius 1 is 0.704 bits per heavy atom. The Labute approximate surface area is 318 Å². The number of nitrogens with zero attached hydrogens (tertiary/aromatic N) is 1. The first kappa shape index (κ1) is 35.9. The molecule has 0 fully saturated rings. The Hall–Kier alpha value is -6.46. The minimum atomic E-state index is -0.0394. The summed E-state index contributed by atoms with van der Waals surface area (Å²) in [5.41, 5.74) is 19.2. The molecule has 0 bridgehead atoms. The summed E-state index contributed by atoms with van der Waals surface area (Å²) in [7, 11) is 0. The zero-order valence-electron chi connectivity index (χ0n) is 31.3. The van der Waals surface area contributed by atoms with E-state index in [2.05, 4.69) is 166 Å². The first-order chi connectivity index (χ1) is 26.2. The van der Waals surface area contributed by atoms with Gasteiger partial charge in [0.05, 0.1) is 11.0 Å². The molecule has 5 heteroatoms. The van der Waals surface area contributed by atoms with E-state index in [1.807, 2.05) is 30.3 Å². The SMILES string of the molecule is C=N.Cc1ccc(-n2c3ccccc3c3ccc4c(c32)C(C)(C)c2ccccc2-4)cc1.Cc1ccc2c(c1)OC1C=CC=CC21.N=C(N)c1ccccc1. The largest absolute Gasteiger partial charge is 0.485 e. The van der Waals surface area contributed by atoms with Crippen LogP contribution in [0.5, 0.6) is 5.75 Å². The van der Waals surface area contributed by atoms with E-state index < -0.39 is 0 Å². The van der Waals surface area contributed by atoms with Gasteiger partial charge < -0.3 is 20.4 Å². The zero-order valence-corrected chi connectivity index (χ0v) is 31.3. The van der Waals surface area contributed by atoms with Crippen molar-refractivity contribution >= 4 is 34.4 Å². The number of hydrogen-bond acceptors (Lipinski definition) is 3. The monoisotopic (exact) mass is 706 g/mol. The van der Waals surface area contributed by atoms with Gasteiger partial charge in [0.1, 0.15) is 17.7 Å². The molecule has 3 aliphatic rings. The van der Waals surface area contributed by atoms with Crippen LogP contribution in [0.1, 0.15) is 53.1 Å². The molecule has 2 heterocycles. The number of hydrogen-bond donors (Lipinski definition) is 3. The van der Waals surface area contributed by atoms with Crippen molar-refractivity contribution in [3.63, 3.8) is 0 Å². The predicted octanol–water partition coefficient (Wildman–Crippen LogP) is 11.6. The molecule has 6 aromatic carbocycles. The molecule has 0 saturated heterocycles. The first-order valence-electron chi connectivity index (χ1n) is 18.3. The number of nitrogens with two attached hydrogens (primary N) is 1. The maximum absolute atomic E-state index is 7.01. The molecule has 0 amide bonds. The Morgan fingerprint density at radius 3 is 2.11 bits per heavy atom. The number of fused-ring (bicyclic) bond motifs is 10. The number of para-hydroxylation sites is 1. The summed E-state index contributed by atoms with van der Waals surface area (Å²) in [4.78, 5) is 0. The van der Waals surface area contributed by atoms with E-state index in [1.54, 1.807) is 0 Å². The van der Waals surface area contributed by atoms with Gasteiger partial charge in [-0.15, -0.1) is 0 Å². The van der Waals surface area contributed by atoms with Crippen LogP contribution < -0.4 is 10.5 Å². The fourth-order valence-electron chi connectivity index (χ4n) is 8.04. The Kier molecular flexibility index (Phi) is 9.90. The molecule has 1 aromatic heterocycles. The Balaban J connectivity index is 0.000000148. The second-order valence-electron chi connectivity index (χ2n) is 14.4. The van der Waals surface area contributed by atoms with E-state index in [0.29, 0.717) is 5.92 Å². The highest BCUT2D eigenvalue weighted by atomic mass is 16.5. The lowest BCUT2D eigenvalue weighted by molar-refractivity contribution is 0.269. The van der Waals surface area contributed by atoms with Gasteiger partial charge in [0.15, 0.2) is 0 Å². The van der Waals surface area contributed by atoms with Gasteiger partial charge in [-0.25, -0.2) is 0 Å². The van der Waals surface area contributed by atoms with Crippen molar-refractivity contribution in [2.75, 3.05) is 0 Å². The zero-order chi connectivity index (χ0) is 38.0. The second-order valence-corrected chi connectivity index (χ2v) is 14.4. The third-order valence-electron chi connectivity index (χ3n) is 10.6. The van der Waals surface area contributed by atoms with Crippen LogP contribution in [0.2, 0.25) is 0 Å². The van der Waals surface area contributed by atoms with Crippen LogP contribution in [-0.4, -0.2) is 23.2 Å². The molecule has 1 aliphatic heterocycles. The van der Waals surface area contributed by atoms with E-state index in [1.165, 1.54) is 66.4 Å². The quantitative estimate of drug-likeness (QED) is 0.123. The number of nitrogens with one attached hydrogen (secondary N) is 2. The van der Waals surface area contributed by atoms with Crippen LogP contribution in [0.25, 0.3) is 38.6 Å². The van der Waals surface area contributed by atoms with Crippen molar-refractivity contribution in [2.24, 2.45) is 5.73 Å². The lowest BCUT2D eigenvalue weighted by Crippen LogP contribution is -2.16. The summed E-state index contributed by atoms with van der Waals surface area (Å²) >= 11 is 0. The van der Waals surface area contributed by atoms with Gasteiger partial charge >= 0.3 is 0 Å². The minimum absolute atomic E-state index is 0.0394. The molecule has 2 unspecified atom stereocenters. The molecule has 0 radical (unpaired) electrons. The number of aryl methyl sites for hydroxylation is 2.